The average molecular weight is 364 g/mol. The van der Waals surface area contributed by atoms with Crippen LogP contribution in [0.2, 0.25) is 0 Å². The van der Waals surface area contributed by atoms with Gasteiger partial charge in [-0.2, -0.15) is 0 Å². The largest absolute Gasteiger partial charge is 0.351 e. The molecule has 1 N–H and O–H groups in total. The normalized spacial score (nSPS) is 13.5. The number of amides is 1. The molecule has 0 unspecified atom stereocenters. The van der Waals surface area contributed by atoms with E-state index in [1.807, 2.05) is 65.3 Å². The number of rotatable bonds is 7. The molecule has 0 spiro atoms. The number of nitrogens with zero attached hydrogens (tertiary/aromatic N) is 3. The summed E-state index contributed by atoms with van der Waals surface area (Å²) in [5.74, 6) is 1.80. The minimum absolute atomic E-state index is 0.0112. The second-order valence-electron chi connectivity index (χ2n) is 6.33. The molecule has 6 heteroatoms. The Morgan fingerprint density at radius 3 is 2.46 bits per heavy atom. The van der Waals surface area contributed by atoms with Gasteiger partial charge in [-0.25, -0.2) is 9.67 Å². The molecular formula is C20H20N4OS. The lowest BCUT2D eigenvalue weighted by Crippen LogP contribution is -2.24. The second kappa shape index (κ2) is 7.74. The number of aromatic nitrogens is 3. The van der Waals surface area contributed by atoms with E-state index in [1.165, 1.54) is 11.8 Å². The number of thioether (sulfide) groups is 1. The maximum Gasteiger partial charge on any atom is 0.230 e. The van der Waals surface area contributed by atoms with Crippen LogP contribution in [0.3, 0.4) is 0 Å². The molecule has 1 aliphatic rings. The number of hydrogen-bond acceptors (Lipinski definition) is 4. The summed E-state index contributed by atoms with van der Waals surface area (Å²) in [6, 6.07) is 19.9. The first-order chi connectivity index (χ1) is 12.8. The molecule has 1 saturated carbocycles. The van der Waals surface area contributed by atoms with Crippen LogP contribution >= 0.6 is 11.8 Å². The Hall–Kier alpha value is -2.60. The molecule has 2 aromatic carbocycles. The Morgan fingerprint density at radius 2 is 1.77 bits per heavy atom. The van der Waals surface area contributed by atoms with Crippen molar-refractivity contribution in [3.05, 3.63) is 72.1 Å². The molecule has 0 aliphatic heterocycles. The average Bonchev–Trinajstić information content (AvgIpc) is 3.45. The summed E-state index contributed by atoms with van der Waals surface area (Å²) in [7, 11) is 0. The van der Waals surface area contributed by atoms with Gasteiger partial charge in [0.1, 0.15) is 5.82 Å². The van der Waals surface area contributed by atoms with Crippen LogP contribution in [0.4, 0.5) is 0 Å². The number of hydrogen-bond donors (Lipinski definition) is 1. The third-order valence-electron chi connectivity index (χ3n) is 4.22. The van der Waals surface area contributed by atoms with E-state index < -0.39 is 0 Å². The van der Waals surface area contributed by atoms with Gasteiger partial charge in [-0.05, 0) is 30.5 Å². The Bertz CT molecular complexity index is 875. The highest BCUT2D eigenvalue weighted by Gasteiger charge is 2.30. The van der Waals surface area contributed by atoms with Gasteiger partial charge in [-0.3, -0.25) is 4.79 Å². The van der Waals surface area contributed by atoms with Gasteiger partial charge >= 0.3 is 0 Å². The Labute approximate surface area is 156 Å². The maximum atomic E-state index is 12.1. The molecular weight excluding hydrogens is 344 g/mol. The van der Waals surface area contributed by atoms with Crippen LogP contribution in [0.25, 0.3) is 5.69 Å². The number of nitrogens with one attached hydrogen (secondary N) is 1. The van der Waals surface area contributed by atoms with Crippen LogP contribution in [0, 0.1) is 0 Å². The summed E-state index contributed by atoms with van der Waals surface area (Å²) in [5.41, 5.74) is 2.11. The quantitative estimate of drug-likeness (QED) is 0.651. The summed E-state index contributed by atoms with van der Waals surface area (Å²) >= 11 is 1.38. The monoisotopic (exact) mass is 364 g/mol. The first kappa shape index (κ1) is 16.8. The van der Waals surface area contributed by atoms with Gasteiger partial charge in [-0.1, -0.05) is 60.3 Å². The van der Waals surface area contributed by atoms with Crippen molar-refractivity contribution in [2.24, 2.45) is 0 Å². The molecule has 132 valence electrons. The van der Waals surface area contributed by atoms with E-state index >= 15 is 0 Å². The SMILES string of the molecule is O=C(CSc1nc(C2CC2)n(-c2ccccc2)n1)NCc1ccccc1. The highest BCUT2D eigenvalue weighted by Crippen LogP contribution is 2.40. The molecule has 0 saturated heterocycles. The van der Waals surface area contributed by atoms with Crippen molar-refractivity contribution in [2.45, 2.75) is 30.5 Å². The minimum atomic E-state index is -0.0112. The van der Waals surface area contributed by atoms with Crippen molar-refractivity contribution in [1.29, 1.82) is 0 Å². The van der Waals surface area contributed by atoms with Gasteiger partial charge in [0.05, 0.1) is 11.4 Å². The molecule has 1 aliphatic carbocycles. The fourth-order valence-electron chi connectivity index (χ4n) is 2.71. The van der Waals surface area contributed by atoms with Crippen molar-refractivity contribution < 1.29 is 4.79 Å². The first-order valence-corrected chi connectivity index (χ1v) is 9.74. The third kappa shape index (κ3) is 4.14. The minimum Gasteiger partial charge on any atom is -0.351 e. The smallest absolute Gasteiger partial charge is 0.230 e. The van der Waals surface area contributed by atoms with E-state index in [9.17, 15) is 4.79 Å². The zero-order valence-corrected chi connectivity index (χ0v) is 15.2. The first-order valence-electron chi connectivity index (χ1n) is 8.75. The summed E-state index contributed by atoms with van der Waals surface area (Å²) < 4.78 is 1.92. The van der Waals surface area contributed by atoms with Crippen LogP contribution < -0.4 is 5.32 Å². The highest BCUT2D eigenvalue weighted by atomic mass is 32.2. The molecule has 26 heavy (non-hydrogen) atoms. The summed E-state index contributed by atoms with van der Waals surface area (Å²) in [5, 5.41) is 8.21. The second-order valence-corrected chi connectivity index (χ2v) is 7.27. The molecule has 0 radical (unpaired) electrons. The van der Waals surface area contributed by atoms with Gasteiger partial charge in [-0.15, -0.1) is 5.10 Å². The predicted octanol–water partition coefficient (Wildman–Crippen LogP) is 3.55. The lowest BCUT2D eigenvalue weighted by atomic mass is 10.2. The molecule has 0 atom stereocenters. The Balaban J connectivity index is 1.38. The van der Waals surface area contributed by atoms with E-state index in [0.717, 1.165) is 29.9 Å². The van der Waals surface area contributed by atoms with Crippen LogP contribution in [0.5, 0.6) is 0 Å². The molecule has 1 amide bonds. The van der Waals surface area contributed by atoms with Crippen molar-refractivity contribution in [1.82, 2.24) is 20.1 Å². The molecule has 1 aromatic heterocycles. The van der Waals surface area contributed by atoms with E-state index in [1.54, 1.807) is 0 Å². The van der Waals surface area contributed by atoms with Crippen LogP contribution in [0.1, 0.15) is 30.1 Å². The highest BCUT2D eigenvalue weighted by molar-refractivity contribution is 7.99. The van der Waals surface area contributed by atoms with E-state index in [4.69, 9.17) is 0 Å². The van der Waals surface area contributed by atoms with Crippen LogP contribution in [-0.2, 0) is 11.3 Å². The fourth-order valence-corrected chi connectivity index (χ4v) is 3.37. The lowest BCUT2D eigenvalue weighted by Gasteiger charge is -2.04. The Kier molecular flexibility index (Phi) is 5.02. The van der Waals surface area contributed by atoms with Gasteiger partial charge < -0.3 is 5.32 Å². The summed E-state index contributed by atoms with van der Waals surface area (Å²) in [6.07, 6.45) is 2.32. The number of carbonyl (C=O) groups excluding carboxylic acids is 1. The van der Waals surface area contributed by atoms with E-state index in [-0.39, 0.29) is 5.91 Å². The molecule has 4 rings (SSSR count). The topological polar surface area (TPSA) is 59.8 Å². The van der Waals surface area contributed by atoms with Crippen molar-refractivity contribution in [2.75, 3.05) is 5.75 Å². The Morgan fingerprint density at radius 1 is 1.08 bits per heavy atom. The van der Waals surface area contributed by atoms with Gasteiger partial charge in [0.15, 0.2) is 0 Å². The molecule has 5 nitrogen and oxygen atoms in total. The maximum absolute atomic E-state index is 12.1. The standard InChI is InChI=1S/C20H20N4OS/c25-18(21-13-15-7-3-1-4-8-15)14-26-20-22-19(16-11-12-16)24(23-20)17-9-5-2-6-10-17/h1-10,16H,11-14H2,(H,21,25). The third-order valence-corrected chi connectivity index (χ3v) is 5.06. The molecule has 1 fully saturated rings. The molecule has 3 aromatic rings. The van der Waals surface area contributed by atoms with Gasteiger partial charge in [0.2, 0.25) is 11.1 Å². The van der Waals surface area contributed by atoms with Crippen molar-refractivity contribution >= 4 is 17.7 Å². The van der Waals surface area contributed by atoms with Crippen LogP contribution in [0.15, 0.2) is 65.8 Å². The number of benzene rings is 2. The zero-order chi connectivity index (χ0) is 17.8. The van der Waals surface area contributed by atoms with Gasteiger partial charge in [0, 0.05) is 12.5 Å². The number of carbonyl (C=O) groups is 1. The van der Waals surface area contributed by atoms with E-state index in [0.29, 0.717) is 23.4 Å². The summed E-state index contributed by atoms with van der Waals surface area (Å²) in [4.78, 5) is 16.8. The zero-order valence-electron chi connectivity index (χ0n) is 14.3. The lowest BCUT2D eigenvalue weighted by molar-refractivity contribution is -0.118. The molecule has 1 heterocycles. The van der Waals surface area contributed by atoms with Crippen molar-refractivity contribution in [3.63, 3.8) is 0 Å². The summed E-state index contributed by atoms with van der Waals surface area (Å²) in [6.45, 7) is 0.541. The van der Waals surface area contributed by atoms with E-state index in [2.05, 4.69) is 15.4 Å². The predicted molar refractivity (Wildman–Crippen MR) is 102 cm³/mol. The number of para-hydroxylation sites is 1. The van der Waals surface area contributed by atoms with Crippen molar-refractivity contribution in [3.8, 4) is 5.69 Å². The molecule has 0 bridgehead atoms. The fraction of sp³-hybridized carbons (Fsp3) is 0.250. The van der Waals surface area contributed by atoms with Gasteiger partial charge in [0.25, 0.3) is 0 Å². The van der Waals surface area contributed by atoms with Crippen LogP contribution in [-0.4, -0.2) is 26.4 Å².